The highest BCUT2D eigenvalue weighted by Gasteiger charge is 2.64. The highest BCUT2D eigenvalue weighted by atomic mass is 32.2. The second-order valence-electron chi connectivity index (χ2n) is 27.6. The van der Waals surface area contributed by atoms with Crippen molar-refractivity contribution >= 4 is 110 Å². The maximum atomic E-state index is 14.4. The molecule has 6 aromatic rings. The molecule has 4 saturated carbocycles. The maximum Gasteiger partial charge on any atom is 0.330 e. The molecule has 2 saturated heterocycles. The Kier molecular flexibility index (Phi) is 20.6. The number of sulfonamides is 2. The number of nitrogens with one attached hydrogen (secondary N) is 5. The van der Waals surface area contributed by atoms with Crippen LogP contribution in [0.25, 0.3) is 20.4 Å². The Morgan fingerprint density at radius 3 is 1.44 bits per heavy atom. The van der Waals surface area contributed by atoms with Gasteiger partial charge in [0.15, 0.2) is 0 Å². The van der Waals surface area contributed by atoms with E-state index in [1.54, 1.807) is 38.1 Å². The molecule has 4 aromatic carbocycles. The van der Waals surface area contributed by atoms with Crippen molar-refractivity contribution in [2.75, 3.05) is 23.7 Å². The Morgan fingerprint density at radius 1 is 0.606 bits per heavy atom. The zero-order valence-corrected chi connectivity index (χ0v) is 58.2. The van der Waals surface area contributed by atoms with Crippen molar-refractivity contribution < 1.29 is 69.0 Å². The second kappa shape index (κ2) is 28.8. The van der Waals surface area contributed by atoms with Gasteiger partial charge >= 0.3 is 5.97 Å². The molecule has 6 fully saturated rings. The average Bonchev–Trinajstić information content (AvgIpc) is 1.59. The van der Waals surface area contributed by atoms with Crippen LogP contribution in [0.2, 0.25) is 0 Å². The minimum absolute atomic E-state index is 0.101. The molecule has 0 spiro atoms. The summed E-state index contributed by atoms with van der Waals surface area (Å²) in [5.41, 5.74) is -0.0741. The number of rotatable bonds is 13. The molecule has 6 heterocycles. The maximum absolute atomic E-state index is 14.4. The summed E-state index contributed by atoms with van der Waals surface area (Å²) in [6.45, 7) is 3.52. The van der Waals surface area contributed by atoms with E-state index in [9.17, 15) is 59.5 Å². The number of nitrogens with zero attached hydrogens (tertiary/aromatic N) is 4. The van der Waals surface area contributed by atoms with Gasteiger partial charge in [-0.3, -0.25) is 28.7 Å². The van der Waals surface area contributed by atoms with Gasteiger partial charge in [-0.15, -0.1) is 0 Å². The van der Waals surface area contributed by atoms with E-state index in [1.165, 1.54) is 56.7 Å². The van der Waals surface area contributed by atoms with Gasteiger partial charge in [-0.1, -0.05) is 96.9 Å². The second-order valence-corrected chi connectivity index (χ2v) is 33.9. The summed E-state index contributed by atoms with van der Waals surface area (Å²) in [5, 5.41) is 28.0. The number of carboxylic acids is 1. The molecule has 10 atom stereocenters. The monoisotopic (exact) mass is 1440 g/mol. The number of benzene rings is 4. The van der Waals surface area contributed by atoms with Crippen molar-refractivity contribution in [1.29, 1.82) is 0 Å². The topological polar surface area (TPSA) is 328 Å². The standard InChI is InChI=1S/C35H40FN5O6S2.C31H33FN4O5S.C4H9NO2S/c1-34(17-18-34)49(45,46)40-32(44)35-20-22(35)9-5-3-2-4-6-11-27(37-24-15-13-23(36)14-16-24)31(43)41-21-25(19-28(41)30(42)39-35)47-33-38-26-10-7-8-12-29(26)48-33;32-20-12-14-21(15-13-20)33-24-10-5-3-1-2-4-8-19-17-31(19,29(39)40)35-27(37)25-16-22(18-36(25)28(24)38)41-30-34-23-9-6-7-11-26(23)42-30;1-4(2-3-4)8(5,6)7/h5,7-10,12-16,22,25,27-28,37H,2-4,6,11,17-21H2,1H3,(H,39,42)(H,40,44);4,6-9,11-15,19,22,24-25,33H,1-3,5,10,16-18H2,(H,35,37)(H,39,40);2-3H2,1H3,(H2,5,6,7)/b9-5-;8-4-;/t22-,25-,27+,28+,35-;19-,22-,24+,25+,31-;/m11./s1. The smallest absolute Gasteiger partial charge is 0.330 e. The lowest BCUT2D eigenvalue weighted by Crippen LogP contribution is -2.58. The molecule has 99 heavy (non-hydrogen) atoms. The van der Waals surface area contributed by atoms with Crippen LogP contribution < -0.4 is 40.6 Å². The number of carbonyl (C=O) groups excluding carboxylic acids is 5. The minimum Gasteiger partial charge on any atom is -0.479 e. The van der Waals surface area contributed by atoms with Crippen LogP contribution in [0.15, 0.2) is 121 Å². The Morgan fingerprint density at radius 2 is 1.03 bits per heavy atom. The molecular formula is C70H82F2N10O13S4. The SMILES string of the molecule is CC1(S(=O)(=O)NC(=O)[C@@]23C[C@H]2/C=C\CCCCC[C@H](Nc2ccc(F)cc2)C(=O)N2C[C@H](Oc4nc5ccccc5s4)C[C@H]2C(=O)N3)CC1.CC1(S(N)(=O)=O)CC1.O=C1N[C@]2(C(=O)O)C[C@H]2/C=C\CCCCC[C@H](Nc2ccc(F)cc2)C(=O)N2C[C@H](Oc3nc4ccccc4s3)C[C@@H]12. The summed E-state index contributed by atoms with van der Waals surface area (Å²) >= 11 is 2.77. The number of carboxylic acid groups (broad SMARTS) is 1. The number of ether oxygens (including phenoxy) is 2. The van der Waals surface area contributed by atoms with Gasteiger partial charge < -0.3 is 45.6 Å². The summed E-state index contributed by atoms with van der Waals surface area (Å²) in [7, 11) is -7.18. The van der Waals surface area contributed by atoms with E-state index < -0.39 is 112 Å². The highest BCUT2D eigenvalue weighted by molar-refractivity contribution is 7.91. The van der Waals surface area contributed by atoms with Crippen molar-refractivity contribution in [2.45, 2.75) is 186 Å². The first-order chi connectivity index (χ1) is 47.2. The summed E-state index contributed by atoms with van der Waals surface area (Å²) < 4.78 is 89.5. The van der Waals surface area contributed by atoms with E-state index >= 15 is 0 Å². The molecule has 8 N–H and O–H groups in total. The average molecular weight is 1440 g/mol. The van der Waals surface area contributed by atoms with Crippen molar-refractivity contribution in [3.63, 3.8) is 0 Å². The molecule has 29 heteroatoms. The van der Waals surface area contributed by atoms with Crippen molar-refractivity contribution in [1.82, 2.24) is 35.1 Å². The molecule has 0 unspecified atom stereocenters. The summed E-state index contributed by atoms with van der Waals surface area (Å²) in [6, 6.07) is 23.6. The first-order valence-corrected chi connectivity index (χ1v) is 38.4. The predicted molar refractivity (Wildman–Crippen MR) is 371 cm³/mol. The van der Waals surface area contributed by atoms with Gasteiger partial charge in [-0.2, -0.15) is 0 Å². The normalized spacial score (nSPS) is 28.7. The number of allylic oxidation sites excluding steroid dienone is 2. The van der Waals surface area contributed by atoms with Crippen LogP contribution in [0.1, 0.15) is 129 Å². The van der Waals surface area contributed by atoms with Gasteiger partial charge in [0.1, 0.15) is 59.1 Å². The third kappa shape index (κ3) is 16.2. The Balaban J connectivity index is 0.000000170. The number of carbonyl (C=O) groups is 6. The lowest BCUT2D eigenvalue weighted by molar-refractivity contribution is -0.145. The quantitative estimate of drug-likeness (QED) is 0.0530. The van der Waals surface area contributed by atoms with Crippen LogP contribution >= 0.6 is 22.7 Å². The zero-order valence-electron chi connectivity index (χ0n) is 54.9. The molecule has 5 amide bonds. The van der Waals surface area contributed by atoms with Gasteiger partial charge in [0.05, 0.1) is 43.0 Å². The highest BCUT2D eigenvalue weighted by Crippen LogP contribution is 2.49. The molecular weight excluding hydrogens is 1360 g/mol. The van der Waals surface area contributed by atoms with E-state index in [1.807, 2.05) is 72.8 Å². The van der Waals surface area contributed by atoms with Crippen LogP contribution in [-0.4, -0.2) is 147 Å². The largest absolute Gasteiger partial charge is 0.479 e. The van der Waals surface area contributed by atoms with E-state index in [0.29, 0.717) is 53.9 Å². The predicted octanol–water partition coefficient (Wildman–Crippen LogP) is 9.23. The Hall–Kier alpha value is -8.12. The van der Waals surface area contributed by atoms with E-state index in [0.717, 1.165) is 84.6 Å². The number of thiazole rings is 2. The van der Waals surface area contributed by atoms with E-state index in [-0.39, 0.29) is 55.9 Å². The Labute approximate surface area is 581 Å². The molecule has 23 nitrogen and oxygen atoms in total. The van der Waals surface area contributed by atoms with E-state index in [4.69, 9.17) is 14.6 Å². The third-order valence-corrected chi connectivity index (χ3v) is 26.0. The minimum atomic E-state index is -3.95. The third-order valence-electron chi connectivity index (χ3n) is 20.2. The van der Waals surface area contributed by atoms with E-state index in [2.05, 4.69) is 36.0 Å². The number of primary sulfonamides is 1. The first kappa shape index (κ1) is 70.7. The zero-order chi connectivity index (χ0) is 70.1. The number of para-hydroxylation sites is 2. The molecule has 2 aromatic heterocycles. The molecule has 0 radical (unpaired) electrons. The van der Waals surface area contributed by atoms with Gasteiger partial charge in [-0.25, -0.2) is 45.5 Å². The number of aromatic nitrogens is 2. The number of nitrogens with two attached hydrogens (primary N) is 1. The van der Waals surface area contributed by atoms with Gasteiger partial charge in [0.25, 0.3) is 16.3 Å². The summed E-state index contributed by atoms with van der Waals surface area (Å²) in [5.74, 6) is -4.96. The van der Waals surface area contributed by atoms with Crippen LogP contribution in [0, 0.1) is 23.5 Å². The lowest BCUT2D eigenvalue weighted by Gasteiger charge is -2.30. The number of hydrogen-bond acceptors (Lipinski definition) is 18. The van der Waals surface area contributed by atoms with Crippen LogP contribution in [0.3, 0.4) is 0 Å². The van der Waals surface area contributed by atoms with Gasteiger partial charge in [0.2, 0.25) is 43.7 Å². The number of fused-ring (bicyclic) bond motifs is 6. The molecule has 14 rings (SSSR count). The first-order valence-electron chi connectivity index (χ1n) is 33.7. The number of hydrogen-bond donors (Lipinski definition) is 7. The van der Waals surface area contributed by atoms with Crippen molar-refractivity contribution in [3.05, 3.63) is 133 Å². The van der Waals surface area contributed by atoms with Gasteiger partial charge in [-0.05, 0) is 164 Å². The van der Waals surface area contributed by atoms with Crippen molar-refractivity contribution in [2.24, 2.45) is 17.0 Å². The fraction of sp³-hybridized carbons (Fsp3) is 0.486. The molecule has 4 aliphatic heterocycles. The number of aliphatic carboxylic acids is 1. The number of amides is 5. The summed E-state index contributed by atoms with van der Waals surface area (Å²) in [4.78, 5) is 94.7. The molecule has 8 aliphatic rings. The van der Waals surface area contributed by atoms with Crippen molar-refractivity contribution in [3.8, 4) is 10.4 Å². The number of anilines is 2. The summed E-state index contributed by atoms with van der Waals surface area (Å²) in [6.07, 6.45) is 17.5. The van der Waals surface area contributed by atoms with Crippen LogP contribution in [0.5, 0.6) is 10.4 Å². The molecule has 4 aliphatic carbocycles. The fourth-order valence-corrected chi connectivity index (χ4v) is 16.9. The van der Waals surface area contributed by atoms with Gasteiger partial charge in [0, 0.05) is 36.1 Å². The Bertz CT molecular complexity index is 4250. The number of halogens is 2. The molecule has 0 bridgehead atoms. The van der Waals surface area contributed by atoms with Crippen LogP contribution in [-0.2, 0) is 48.8 Å². The van der Waals surface area contributed by atoms with Crippen LogP contribution in [0.4, 0.5) is 20.2 Å². The fourth-order valence-electron chi connectivity index (χ4n) is 13.1. The lowest BCUT2D eigenvalue weighted by atomic mass is 10.0. The molecule has 528 valence electrons.